The normalized spacial score (nSPS) is 47.7. The van der Waals surface area contributed by atoms with Crippen LogP contribution in [-0.2, 0) is 39.2 Å². The summed E-state index contributed by atoms with van der Waals surface area (Å²) in [6.07, 6.45) is 8.04. The molecule has 3 saturated carbocycles. The van der Waals surface area contributed by atoms with Crippen molar-refractivity contribution in [1.29, 1.82) is 0 Å². The van der Waals surface area contributed by atoms with Gasteiger partial charge < -0.3 is 39.0 Å². The minimum absolute atomic E-state index is 0.177. The fraction of sp³-hybridized carbons (Fsp3) is 0.568. The van der Waals surface area contributed by atoms with Crippen LogP contribution >= 0.6 is 0 Å². The fourth-order valence-electron chi connectivity index (χ4n) is 9.53. The summed E-state index contributed by atoms with van der Waals surface area (Å²) in [7, 11) is 0. The van der Waals surface area contributed by atoms with Gasteiger partial charge in [0, 0.05) is 35.3 Å². The van der Waals surface area contributed by atoms with E-state index < -0.39 is 94.8 Å². The smallest absolute Gasteiger partial charge is 0.331 e. The number of unbranched alkanes of at least 4 members (excludes halogenated alkanes) is 1. The lowest BCUT2D eigenvalue weighted by molar-refractivity contribution is -0.443. The van der Waals surface area contributed by atoms with E-state index in [0.29, 0.717) is 11.1 Å². The Morgan fingerprint density at radius 3 is 2.49 bits per heavy atom. The monoisotopic (exact) mass is 648 g/mol. The highest BCUT2D eigenvalue weighted by Crippen LogP contribution is 2.74. The number of aliphatic hydroxyl groups excluding tert-OH is 2. The van der Waals surface area contributed by atoms with Crippen molar-refractivity contribution in [2.45, 2.75) is 99.8 Å². The number of hydrogen-bond acceptors (Lipinski definition) is 10. The molecule has 3 saturated heterocycles. The third-order valence-corrected chi connectivity index (χ3v) is 11.7. The van der Waals surface area contributed by atoms with Crippen LogP contribution in [0.25, 0.3) is 0 Å². The van der Waals surface area contributed by atoms with E-state index in [9.17, 15) is 24.9 Å². The Labute approximate surface area is 274 Å². The Bertz CT molecular complexity index is 1550. The fourth-order valence-corrected chi connectivity index (χ4v) is 9.53. The maximum atomic E-state index is 13.9. The van der Waals surface area contributed by atoms with Crippen molar-refractivity contribution in [1.82, 2.24) is 0 Å². The summed E-state index contributed by atoms with van der Waals surface area (Å²) in [5, 5.41) is 35.0. The van der Waals surface area contributed by atoms with E-state index in [4.69, 9.17) is 23.7 Å². The Balaban J connectivity index is 1.39. The highest BCUT2D eigenvalue weighted by atomic mass is 16.9. The molecule has 7 rings (SSSR count). The summed E-state index contributed by atoms with van der Waals surface area (Å²) in [6, 6.07) is 9.08. The molecule has 1 aromatic carbocycles. The van der Waals surface area contributed by atoms with Crippen molar-refractivity contribution in [3.05, 3.63) is 84.5 Å². The standard InChI is InChI=1S/C37H44O10/c1-6-7-8-9-10-11-15-18-26(39)43-29-23(5)36-25-19-22(4)28(40)34(25,42)32(41)33(20-38)30(44-33)27(36)31-35(29,21(2)3)46-37(45-31,47-36)24-16-13-12-14-17-24/h8-18,22-23,25,27,29-32,38,41-42H,2,6-7,19-20H2,1,3-5H3/t22-,23-,25-,27+,29-,30+,31-,32-,33+,34-,35+,36+,37-/m1/s1. The molecule has 3 heterocycles. The minimum atomic E-state index is -2.33. The number of Topliss-reactive ketones (excluding diaryl/α,β-unsaturated/α-hetero) is 1. The van der Waals surface area contributed by atoms with Crippen LogP contribution in [0.3, 0.4) is 0 Å². The van der Waals surface area contributed by atoms with Crippen molar-refractivity contribution >= 4 is 11.8 Å². The van der Waals surface area contributed by atoms with E-state index in [-0.39, 0.29) is 6.42 Å². The molecule has 0 amide bonds. The first-order valence-corrected chi connectivity index (χ1v) is 16.6. The third kappa shape index (κ3) is 4.10. The van der Waals surface area contributed by atoms with Crippen molar-refractivity contribution < 1.29 is 48.6 Å². The molecular formula is C37H44O10. The molecule has 252 valence electrons. The molecule has 6 aliphatic rings. The number of aliphatic hydroxyl groups is 3. The largest absolute Gasteiger partial charge is 0.455 e. The zero-order valence-electron chi connectivity index (χ0n) is 27.2. The second-order valence-electron chi connectivity index (χ2n) is 14.2. The van der Waals surface area contributed by atoms with Crippen LogP contribution in [-0.4, -0.2) is 80.5 Å². The van der Waals surface area contributed by atoms with E-state index in [1.807, 2.05) is 43.4 Å². The second kappa shape index (κ2) is 11.0. The molecule has 0 aromatic heterocycles. The number of esters is 1. The molecule has 0 radical (unpaired) electrons. The van der Waals surface area contributed by atoms with Gasteiger partial charge in [-0.25, -0.2) is 4.79 Å². The van der Waals surface area contributed by atoms with Gasteiger partial charge in [0.1, 0.15) is 30.0 Å². The zero-order valence-corrected chi connectivity index (χ0v) is 27.2. The van der Waals surface area contributed by atoms with E-state index in [0.717, 1.165) is 12.8 Å². The number of allylic oxidation sites excluding steroid dienone is 5. The van der Waals surface area contributed by atoms with Gasteiger partial charge in [0.05, 0.1) is 12.2 Å². The van der Waals surface area contributed by atoms with Gasteiger partial charge in [-0.2, -0.15) is 0 Å². The first-order valence-electron chi connectivity index (χ1n) is 16.6. The first-order chi connectivity index (χ1) is 22.4. The van der Waals surface area contributed by atoms with E-state index >= 15 is 0 Å². The van der Waals surface area contributed by atoms with Gasteiger partial charge in [-0.15, -0.1) is 0 Å². The molecule has 3 bridgehead atoms. The summed E-state index contributed by atoms with van der Waals surface area (Å²) in [4.78, 5) is 27.4. The van der Waals surface area contributed by atoms with Gasteiger partial charge >= 0.3 is 11.9 Å². The Morgan fingerprint density at radius 1 is 1.09 bits per heavy atom. The first kappa shape index (κ1) is 32.6. The number of ketones is 1. The van der Waals surface area contributed by atoms with E-state index in [2.05, 4.69) is 13.5 Å². The van der Waals surface area contributed by atoms with Crippen LogP contribution in [0.1, 0.15) is 52.5 Å². The van der Waals surface area contributed by atoms with Crippen LogP contribution in [0.5, 0.6) is 0 Å². The number of carbonyl (C=O) groups is 2. The molecular weight excluding hydrogens is 604 g/mol. The summed E-state index contributed by atoms with van der Waals surface area (Å²) in [5.41, 5.74) is -5.87. The van der Waals surface area contributed by atoms with Crippen LogP contribution in [0.15, 0.2) is 78.9 Å². The zero-order chi connectivity index (χ0) is 33.6. The van der Waals surface area contributed by atoms with Gasteiger partial charge in [0.15, 0.2) is 17.0 Å². The summed E-state index contributed by atoms with van der Waals surface area (Å²) < 4.78 is 33.4. The maximum absolute atomic E-state index is 13.9. The number of ether oxygens (including phenoxy) is 5. The average molecular weight is 649 g/mol. The van der Waals surface area contributed by atoms with Crippen LogP contribution < -0.4 is 0 Å². The van der Waals surface area contributed by atoms with Crippen molar-refractivity contribution in [2.24, 2.45) is 23.7 Å². The molecule has 10 nitrogen and oxygen atoms in total. The van der Waals surface area contributed by atoms with Gasteiger partial charge in [-0.05, 0) is 25.3 Å². The molecule has 0 spiro atoms. The predicted molar refractivity (Wildman–Crippen MR) is 168 cm³/mol. The predicted octanol–water partition coefficient (Wildman–Crippen LogP) is 3.40. The van der Waals surface area contributed by atoms with E-state index in [1.54, 1.807) is 38.1 Å². The van der Waals surface area contributed by atoms with Gasteiger partial charge in [-0.1, -0.05) is 94.5 Å². The summed E-state index contributed by atoms with van der Waals surface area (Å²) >= 11 is 0. The van der Waals surface area contributed by atoms with Gasteiger partial charge in [0.2, 0.25) is 0 Å². The number of fused-ring (bicyclic) bond motifs is 3. The van der Waals surface area contributed by atoms with Crippen LogP contribution in [0.4, 0.5) is 0 Å². The number of rotatable bonds is 9. The highest BCUT2D eigenvalue weighted by molar-refractivity contribution is 5.93. The lowest BCUT2D eigenvalue weighted by atomic mass is 9.52. The number of epoxide rings is 1. The lowest BCUT2D eigenvalue weighted by Gasteiger charge is -2.61. The van der Waals surface area contributed by atoms with E-state index in [1.165, 1.54) is 6.08 Å². The summed E-state index contributed by atoms with van der Waals surface area (Å²) in [5.74, 6) is -6.13. The Hall–Kier alpha value is -2.96. The topological polar surface area (TPSA) is 144 Å². The van der Waals surface area contributed by atoms with Gasteiger partial charge in [-0.3, -0.25) is 4.79 Å². The SMILES string of the molecule is C=C(C)[C@@]12O[C@@]3(c4ccccc4)O[C@@H]1[C@@H]1[C@@H]4O[C@]4(CO)[C@@H](O)[C@]4(O)C(=O)[C@H](C)C[C@H]4[C@@]1(O3)[C@H](C)[C@H]2OC(=O)C=CC=CC=CCCC. The van der Waals surface area contributed by atoms with Crippen LogP contribution in [0.2, 0.25) is 0 Å². The minimum Gasteiger partial charge on any atom is -0.455 e. The molecule has 3 N–H and O–H groups in total. The molecule has 3 aliphatic carbocycles. The molecule has 47 heavy (non-hydrogen) atoms. The third-order valence-electron chi connectivity index (χ3n) is 11.7. The molecule has 1 aromatic rings. The molecule has 10 heteroatoms. The van der Waals surface area contributed by atoms with Crippen molar-refractivity contribution in [3.8, 4) is 0 Å². The Kier molecular flexibility index (Phi) is 7.65. The molecule has 0 unspecified atom stereocenters. The number of hydrogen-bond donors (Lipinski definition) is 3. The number of carbonyl (C=O) groups excluding carboxylic acids is 2. The average Bonchev–Trinajstić information content (AvgIpc) is 3.68. The van der Waals surface area contributed by atoms with Crippen LogP contribution in [0, 0.1) is 23.7 Å². The lowest BCUT2D eigenvalue weighted by Crippen LogP contribution is -2.76. The van der Waals surface area contributed by atoms with Crippen molar-refractivity contribution in [2.75, 3.05) is 6.61 Å². The molecule has 13 atom stereocenters. The molecule has 3 aliphatic heterocycles. The highest BCUT2D eigenvalue weighted by Gasteiger charge is 2.91. The molecule has 6 fully saturated rings. The Morgan fingerprint density at radius 2 is 1.81 bits per heavy atom. The second-order valence-corrected chi connectivity index (χ2v) is 14.2. The maximum Gasteiger partial charge on any atom is 0.331 e. The summed E-state index contributed by atoms with van der Waals surface area (Å²) in [6.45, 7) is 11.1. The quantitative estimate of drug-likeness (QED) is 0.120. The van der Waals surface area contributed by atoms with Crippen molar-refractivity contribution in [3.63, 3.8) is 0 Å². The van der Waals surface area contributed by atoms with Gasteiger partial charge in [0.25, 0.3) is 0 Å². The number of benzene rings is 1.